The zero-order valence-corrected chi connectivity index (χ0v) is 13.8. The molecule has 1 aliphatic rings. The first-order valence-electron chi connectivity index (χ1n) is 8.11. The zero-order chi connectivity index (χ0) is 17.9. The minimum Gasteiger partial charge on any atom is -0.387 e. The van der Waals surface area contributed by atoms with Gasteiger partial charge in [-0.1, -0.05) is 32.8 Å². The van der Waals surface area contributed by atoms with Crippen LogP contribution in [0.4, 0.5) is 13.6 Å². The van der Waals surface area contributed by atoms with E-state index in [2.05, 4.69) is 5.32 Å². The molecule has 1 unspecified atom stereocenters. The van der Waals surface area contributed by atoms with Gasteiger partial charge in [-0.3, -0.25) is 9.69 Å². The quantitative estimate of drug-likeness (QED) is 0.750. The van der Waals surface area contributed by atoms with E-state index in [0.29, 0.717) is 12.8 Å². The number of aliphatic hydroxyl groups is 1. The molecule has 0 spiro atoms. The van der Waals surface area contributed by atoms with Crippen LogP contribution in [0.5, 0.6) is 0 Å². The minimum absolute atomic E-state index is 0.109. The number of rotatable bonds is 7. The van der Waals surface area contributed by atoms with Gasteiger partial charge in [0.15, 0.2) is 11.6 Å². The molecule has 0 aliphatic carbocycles. The van der Waals surface area contributed by atoms with E-state index in [4.69, 9.17) is 0 Å². The molecule has 7 heteroatoms. The SMILES string of the molecule is CCCC1(CCC)NC(=O)N(CC(O)c2ccc(F)c(F)c2)C1=O. The summed E-state index contributed by atoms with van der Waals surface area (Å²) in [6.07, 6.45) is 1.21. The molecule has 1 atom stereocenters. The van der Waals surface area contributed by atoms with Gasteiger partial charge in [-0.15, -0.1) is 0 Å². The Morgan fingerprint density at radius 2 is 1.79 bits per heavy atom. The lowest BCUT2D eigenvalue weighted by Crippen LogP contribution is -2.47. The highest BCUT2D eigenvalue weighted by molar-refractivity contribution is 6.07. The lowest BCUT2D eigenvalue weighted by Gasteiger charge is -2.26. The first kappa shape index (κ1) is 18.3. The van der Waals surface area contributed by atoms with Crippen LogP contribution in [-0.4, -0.2) is 34.0 Å². The van der Waals surface area contributed by atoms with Gasteiger partial charge in [-0.2, -0.15) is 0 Å². The zero-order valence-electron chi connectivity index (χ0n) is 13.8. The van der Waals surface area contributed by atoms with Crippen molar-refractivity contribution in [3.63, 3.8) is 0 Å². The third-order valence-electron chi connectivity index (χ3n) is 4.28. The molecular weight excluding hydrogens is 318 g/mol. The van der Waals surface area contributed by atoms with Gasteiger partial charge in [-0.25, -0.2) is 13.6 Å². The molecule has 24 heavy (non-hydrogen) atoms. The summed E-state index contributed by atoms with van der Waals surface area (Å²) in [5.74, 6) is -2.49. The van der Waals surface area contributed by atoms with Gasteiger partial charge in [0, 0.05) is 0 Å². The standard InChI is InChI=1S/C17H22F2N2O3/c1-3-7-17(8-4-2)15(23)21(16(24)20-17)10-14(22)11-5-6-12(18)13(19)9-11/h5-6,9,14,22H,3-4,7-8,10H2,1-2H3,(H,20,24). The number of benzene rings is 1. The molecule has 1 aliphatic heterocycles. The molecule has 0 aromatic heterocycles. The Balaban J connectivity index is 2.18. The molecule has 1 aromatic carbocycles. The minimum atomic E-state index is -1.28. The van der Waals surface area contributed by atoms with Crippen LogP contribution < -0.4 is 5.32 Å². The lowest BCUT2D eigenvalue weighted by molar-refractivity contribution is -0.132. The fourth-order valence-electron chi connectivity index (χ4n) is 3.16. The van der Waals surface area contributed by atoms with E-state index in [1.807, 2.05) is 13.8 Å². The Kier molecular flexibility index (Phi) is 5.54. The van der Waals surface area contributed by atoms with E-state index in [0.717, 1.165) is 29.9 Å². The first-order chi connectivity index (χ1) is 11.3. The number of imide groups is 1. The van der Waals surface area contributed by atoms with Gasteiger partial charge >= 0.3 is 6.03 Å². The highest BCUT2D eigenvalue weighted by Gasteiger charge is 2.50. The maximum atomic E-state index is 13.3. The van der Waals surface area contributed by atoms with Crippen molar-refractivity contribution < 1.29 is 23.5 Å². The second-order valence-electron chi connectivity index (χ2n) is 6.12. The van der Waals surface area contributed by atoms with Gasteiger partial charge in [-0.05, 0) is 30.5 Å². The van der Waals surface area contributed by atoms with Crippen LogP contribution in [0.15, 0.2) is 18.2 Å². The highest BCUT2D eigenvalue weighted by atomic mass is 19.2. The maximum absolute atomic E-state index is 13.3. The van der Waals surface area contributed by atoms with Crippen molar-refractivity contribution in [2.24, 2.45) is 0 Å². The second kappa shape index (κ2) is 7.25. The van der Waals surface area contributed by atoms with Crippen molar-refractivity contribution in [1.29, 1.82) is 0 Å². The Hall–Kier alpha value is -2.02. The van der Waals surface area contributed by atoms with Crippen molar-refractivity contribution in [2.45, 2.75) is 51.2 Å². The first-order valence-corrected chi connectivity index (χ1v) is 8.11. The number of hydrogen-bond acceptors (Lipinski definition) is 3. The summed E-state index contributed by atoms with van der Waals surface area (Å²) in [5, 5.41) is 12.9. The Bertz CT molecular complexity index is 630. The Morgan fingerprint density at radius 3 is 2.33 bits per heavy atom. The second-order valence-corrected chi connectivity index (χ2v) is 6.12. The normalized spacial score (nSPS) is 18.0. The van der Waals surface area contributed by atoms with Gasteiger partial charge in [0.25, 0.3) is 5.91 Å². The number of carbonyl (C=O) groups excluding carboxylic acids is 2. The van der Waals surface area contributed by atoms with Crippen molar-refractivity contribution in [3.05, 3.63) is 35.4 Å². The predicted octanol–water partition coefficient (Wildman–Crippen LogP) is 2.89. The van der Waals surface area contributed by atoms with E-state index in [1.165, 1.54) is 6.07 Å². The molecule has 132 valence electrons. The van der Waals surface area contributed by atoms with Crippen LogP contribution in [0.25, 0.3) is 0 Å². The van der Waals surface area contributed by atoms with Crippen molar-refractivity contribution in [1.82, 2.24) is 10.2 Å². The molecule has 2 rings (SSSR count). The largest absolute Gasteiger partial charge is 0.387 e. The predicted molar refractivity (Wildman–Crippen MR) is 84.1 cm³/mol. The molecule has 1 heterocycles. The molecule has 0 saturated carbocycles. The average Bonchev–Trinajstić information content (AvgIpc) is 2.75. The summed E-state index contributed by atoms with van der Waals surface area (Å²) in [6.45, 7) is 3.55. The van der Waals surface area contributed by atoms with Crippen LogP contribution in [0.3, 0.4) is 0 Å². The van der Waals surface area contributed by atoms with E-state index >= 15 is 0 Å². The molecule has 0 bridgehead atoms. The number of nitrogens with zero attached hydrogens (tertiary/aromatic N) is 1. The molecule has 2 N–H and O–H groups in total. The smallest absolute Gasteiger partial charge is 0.325 e. The fraction of sp³-hybridized carbons (Fsp3) is 0.529. The number of carbonyl (C=O) groups is 2. The van der Waals surface area contributed by atoms with Crippen LogP contribution in [0.2, 0.25) is 0 Å². The molecular formula is C17H22F2N2O3. The number of amides is 3. The molecule has 1 fully saturated rings. The van der Waals surface area contributed by atoms with E-state index in [9.17, 15) is 23.5 Å². The van der Waals surface area contributed by atoms with E-state index in [-0.39, 0.29) is 18.0 Å². The van der Waals surface area contributed by atoms with Crippen LogP contribution in [0.1, 0.15) is 51.2 Å². The molecule has 5 nitrogen and oxygen atoms in total. The third kappa shape index (κ3) is 3.40. The van der Waals surface area contributed by atoms with E-state index in [1.54, 1.807) is 0 Å². The maximum Gasteiger partial charge on any atom is 0.325 e. The number of hydrogen-bond donors (Lipinski definition) is 2. The molecule has 1 aromatic rings. The van der Waals surface area contributed by atoms with Crippen molar-refractivity contribution >= 4 is 11.9 Å². The topological polar surface area (TPSA) is 69.6 Å². The van der Waals surface area contributed by atoms with Crippen molar-refractivity contribution in [3.8, 4) is 0 Å². The Morgan fingerprint density at radius 1 is 1.17 bits per heavy atom. The third-order valence-corrected chi connectivity index (χ3v) is 4.28. The van der Waals surface area contributed by atoms with Crippen LogP contribution >= 0.6 is 0 Å². The summed E-state index contributed by atoms with van der Waals surface area (Å²) in [6, 6.07) is 2.43. The monoisotopic (exact) mass is 340 g/mol. The lowest BCUT2D eigenvalue weighted by atomic mass is 9.88. The van der Waals surface area contributed by atoms with Gasteiger partial charge in [0.05, 0.1) is 12.6 Å². The summed E-state index contributed by atoms with van der Waals surface area (Å²) < 4.78 is 26.3. The summed E-state index contributed by atoms with van der Waals surface area (Å²) in [7, 11) is 0. The number of β-amino-alcohol motifs (C(OH)–C–C–N with tert-alkyl or cyclic N) is 1. The molecule has 1 saturated heterocycles. The average molecular weight is 340 g/mol. The van der Waals surface area contributed by atoms with Gasteiger partial charge in [0.2, 0.25) is 0 Å². The van der Waals surface area contributed by atoms with Crippen LogP contribution in [0, 0.1) is 11.6 Å². The molecule has 0 radical (unpaired) electrons. The van der Waals surface area contributed by atoms with Gasteiger partial charge in [0.1, 0.15) is 5.54 Å². The summed E-state index contributed by atoms with van der Waals surface area (Å²) in [5.41, 5.74) is -0.827. The van der Waals surface area contributed by atoms with E-state index < -0.39 is 29.3 Å². The van der Waals surface area contributed by atoms with Crippen LogP contribution in [-0.2, 0) is 4.79 Å². The summed E-state index contributed by atoms with van der Waals surface area (Å²) in [4.78, 5) is 25.8. The number of halogens is 2. The highest BCUT2D eigenvalue weighted by Crippen LogP contribution is 2.29. The number of urea groups is 1. The fourth-order valence-corrected chi connectivity index (χ4v) is 3.16. The molecule has 3 amide bonds. The van der Waals surface area contributed by atoms with Crippen molar-refractivity contribution in [2.75, 3.05) is 6.54 Å². The number of aliphatic hydroxyl groups excluding tert-OH is 1. The Labute approximate surface area is 139 Å². The summed E-state index contributed by atoms with van der Waals surface area (Å²) >= 11 is 0. The van der Waals surface area contributed by atoms with Gasteiger partial charge < -0.3 is 10.4 Å². The number of nitrogens with one attached hydrogen (secondary N) is 1.